The summed E-state index contributed by atoms with van der Waals surface area (Å²) in [5.74, 6) is 0.706. The van der Waals surface area contributed by atoms with Gasteiger partial charge in [0.1, 0.15) is 6.54 Å². The highest BCUT2D eigenvalue weighted by molar-refractivity contribution is 7.12. The van der Waals surface area contributed by atoms with E-state index < -0.39 is 0 Å². The van der Waals surface area contributed by atoms with E-state index in [1.54, 1.807) is 11.0 Å². The number of anilines is 1. The zero-order chi connectivity index (χ0) is 22.5. The molecule has 0 spiro atoms. The summed E-state index contributed by atoms with van der Waals surface area (Å²) < 4.78 is 0. The molecule has 0 atom stereocenters. The van der Waals surface area contributed by atoms with Crippen molar-refractivity contribution in [3.63, 3.8) is 0 Å². The summed E-state index contributed by atoms with van der Waals surface area (Å²) in [6, 6.07) is 17.5. The number of aromatic nitrogens is 2. The minimum absolute atomic E-state index is 0.0197. The predicted octanol–water partition coefficient (Wildman–Crippen LogP) is 3.40. The molecule has 3 aromatic rings. The number of nitrogens with zero attached hydrogens (tertiary/aromatic N) is 5. The summed E-state index contributed by atoms with van der Waals surface area (Å²) in [4.78, 5) is 32.0. The third-order valence-electron chi connectivity index (χ3n) is 5.60. The second kappa shape index (κ2) is 9.91. The first-order valence-corrected chi connectivity index (χ1v) is 11.7. The lowest BCUT2D eigenvalue weighted by Gasteiger charge is -2.36. The average molecular weight is 450 g/mol. The van der Waals surface area contributed by atoms with Crippen LogP contribution in [0.25, 0.3) is 11.3 Å². The largest absolute Gasteiger partial charge is 0.352 e. The Kier molecular flexibility index (Phi) is 6.80. The molecule has 0 N–H and O–H groups in total. The lowest BCUT2D eigenvalue weighted by Crippen LogP contribution is -2.52. The van der Waals surface area contributed by atoms with Gasteiger partial charge in [-0.2, -0.15) is 0 Å². The van der Waals surface area contributed by atoms with Crippen molar-refractivity contribution in [2.75, 3.05) is 37.6 Å². The topological polar surface area (TPSA) is 69.6 Å². The molecule has 1 saturated heterocycles. The van der Waals surface area contributed by atoms with Crippen LogP contribution in [0.2, 0.25) is 0 Å². The average Bonchev–Trinajstić information content (AvgIpc) is 3.38. The Bertz CT molecular complexity index is 1030. The molecule has 0 saturated carbocycles. The van der Waals surface area contributed by atoms with Gasteiger partial charge in [-0.25, -0.2) is 0 Å². The number of piperazine rings is 1. The van der Waals surface area contributed by atoms with Crippen LogP contribution >= 0.6 is 11.3 Å². The Morgan fingerprint density at radius 3 is 2.31 bits per heavy atom. The van der Waals surface area contributed by atoms with E-state index in [9.17, 15) is 9.59 Å². The zero-order valence-electron chi connectivity index (χ0n) is 18.3. The van der Waals surface area contributed by atoms with E-state index in [1.165, 1.54) is 11.3 Å². The standard InChI is InChI=1S/C24H27N5O2S/c1-18(2)29(24(31)21-9-6-16-32-21)17-23(30)28-14-12-27(13-15-28)22-11-10-20(25-26-22)19-7-4-3-5-8-19/h3-11,16,18H,12-15,17H2,1-2H3. The fourth-order valence-electron chi connectivity index (χ4n) is 3.72. The van der Waals surface area contributed by atoms with E-state index in [-0.39, 0.29) is 24.4 Å². The van der Waals surface area contributed by atoms with Gasteiger partial charge in [-0.05, 0) is 37.4 Å². The van der Waals surface area contributed by atoms with Gasteiger partial charge in [0.25, 0.3) is 5.91 Å². The normalized spacial score (nSPS) is 14.0. The van der Waals surface area contributed by atoms with Crippen molar-refractivity contribution in [3.05, 3.63) is 64.9 Å². The molecular formula is C24H27N5O2S. The number of rotatable bonds is 6. The Balaban J connectivity index is 1.33. The van der Waals surface area contributed by atoms with E-state index in [1.807, 2.05) is 72.7 Å². The molecule has 0 aliphatic carbocycles. The number of hydrogen-bond donors (Lipinski definition) is 0. The van der Waals surface area contributed by atoms with Crippen molar-refractivity contribution in [1.29, 1.82) is 0 Å². The molecule has 1 fully saturated rings. The Morgan fingerprint density at radius 2 is 1.72 bits per heavy atom. The van der Waals surface area contributed by atoms with Gasteiger partial charge >= 0.3 is 0 Å². The fourth-order valence-corrected chi connectivity index (χ4v) is 4.40. The zero-order valence-corrected chi connectivity index (χ0v) is 19.2. The molecule has 8 heteroatoms. The van der Waals surface area contributed by atoms with Gasteiger partial charge in [0, 0.05) is 37.8 Å². The molecule has 1 aliphatic heterocycles. The third kappa shape index (κ3) is 4.96. The van der Waals surface area contributed by atoms with Crippen molar-refractivity contribution in [3.8, 4) is 11.3 Å². The third-order valence-corrected chi connectivity index (χ3v) is 6.46. The second-order valence-corrected chi connectivity index (χ2v) is 8.96. The lowest BCUT2D eigenvalue weighted by molar-refractivity contribution is -0.132. The quantitative estimate of drug-likeness (QED) is 0.577. The maximum Gasteiger partial charge on any atom is 0.264 e. The molecule has 1 aliphatic rings. The summed E-state index contributed by atoms with van der Waals surface area (Å²) >= 11 is 1.40. The first-order valence-electron chi connectivity index (χ1n) is 10.8. The first kappa shape index (κ1) is 22.0. The summed E-state index contributed by atoms with van der Waals surface area (Å²) in [5.41, 5.74) is 1.88. The number of amides is 2. The number of thiophene rings is 1. The van der Waals surface area contributed by atoms with Crippen LogP contribution < -0.4 is 4.90 Å². The molecule has 7 nitrogen and oxygen atoms in total. The first-order chi connectivity index (χ1) is 15.5. The molecule has 1 aromatic carbocycles. The number of carbonyl (C=O) groups excluding carboxylic acids is 2. The molecule has 2 aromatic heterocycles. The van der Waals surface area contributed by atoms with Crippen molar-refractivity contribution in [2.45, 2.75) is 19.9 Å². The molecule has 4 rings (SSSR count). The number of carbonyl (C=O) groups is 2. The van der Waals surface area contributed by atoms with Gasteiger partial charge in [0.05, 0.1) is 10.6 Å². The highest BCUT2D eigenvalue weighted by Crippen LogP contribution is 2.19. The van der Waals surface area contributed by atoms with Gasteiger partial charge in [-0.3, -0.25) is 9.59 Å². The molecule has 0 unspecified atom stereocenters. The molecule has 2 amide bonds. The highest BCUT2D eigenvalue weighted by atomic mass is 32.1. The SMILES string of the molecule is CC(C)N(CC(=O)N1CCN(c2ccc(-c3ccccc3)nn2)CC1)C(=O)c1cccs1. The maximum atomic E-state index is 12.9. The summed E-state index contributed by atoms with van der Waals surface area (Å²) in [6.07, 6.45) is 0. The number of hydrogen-bond acceptors (Lipinski definition) is 6. The van der Waals surface area contributed by atoms with Crippen LogP contribution in [0.15, 0.2) is 60.0 Å². The van der Waals surface area contributed by atoms with Crippen LogP contribution in [-0.2, 0) is 4.79 Å². The van der Waals surface area contributed by atoms with Crippen molar-refractivity contribution in [2.24, 2.45) is 0 Å². The monoisotopic (exact) mass is 449 g/mol. The van der Waals surface area contributed by atoms with E-state index >= 15 is 0 Å². The Labute approximate surface area is 192 Å². The van der Waals surface area contributed by atoms with Crippen LogP contribution in [0.4, 0.5) is 5.82 Å². The Hall–Kier alpha value is -3.26. The lowest BCUT2D eigenvalue weighted by atomic mass is 10.1. The maximum absolute atomic E-state index is 12.9. The molecular weight excluding hydrogens is 422 g/mol. The second-order valence-electron chi connectivity index (χ2n) is 8.01. The van der Waals surface area contributed by atoms with E-state index in [0.717, 1.165) is 17.1 Å². The van der Waals surface area contributed by atoms with Crippen LogP contribution in [0, 0.1) is 0 Å². The van der Waals surface area contributed by atoms with Gasteiger partial charge in [-0.1, -0.05) is 36.4 Å². The van der Waals surface area contributed by atoms with Crippen molar-refractivity contribution < 1.29 is 9.59 Å². The molecule has 0 radical (unpaired) electrons. The van der Waals surface area contributed by atoms with E-state index in [0.29, 0.717) is 31.1 Å². The van der Waals surface area contributed by atoms with Gasteiger partial charge < -0.3 is 14.7 Å². The summed E-state index contributed by atoms with van der Waals surface area (Å²) in [7, 11) is 0. The molecule has 3 heterocycles. The van der Waals surface area contributed by atoms with Crippen LogP contribution in [0.5, 0.6) is 0 Å². The summed E-state index contributed by atoms with van der Waals surface area (Å²) in [5, 5.41) is 10.6. The fraction of sp³-hybridized carbons (Fsp3) is 0.333. The van der Waals surface area contributed by atoms with Crippen LogP contribution in [-0.4, -0.2) is 70.6 Å². The van der Waals surface area contributed by atoms with Crippen LogP contribution in [0.3, 0.4) is 0 Å². The van der Waals surface area contributed by atoms with Gasteiger partial charge in [-0.15, -0.1) is 21.5 Å². The predicted molar refractivity (Wildman–Crippen MR) is 127 cm³/mol. The smallest absolute Gasteiger partial charge is 0.264 e. The Morgan fingerprint density at radius 1 is 0.969 bits per heavy atom. The van der Waals surface area contributed by atoms with Crippen LogP contribution in [0.1, 0.15) is 23.5 Å². The minimum Gasteiger partial charge on any atom is -0.352 e. The minimum atomic E-state index is -0.0873. The highest BCUT2D eigenvalue weighted by Gasteiger charge is 2.27. The number of benzene rings is 1. The van der Waals surface area contributed by atoms with Crippen molar-refractivity contribution >= 4 is 29.0 Å². The van der Waals surface area contributed by atoms with E-state index in [4.69, 9.17) is 0 Å². The van der Waals surface area contributed by atoms with Crippen molar-refractivity contribution in [1.82, 2.24) is 20.0 Å². The van der Waals surface area contributed by atoms with Gasteiger partial charge in [0.2, 0.25) is 5.91 Å². The molecule has 0 bridgehead atoms. The molecule has 166 valence electrons. The summed E-state index contributed by atoms with van der Waals surface area (Å²) in [6.45, 7) is 6.54. The van der Waals surface area contributed by atoms with Gasteiger partial charge in [0.15, 0.2) is 5.82 Å². The molecule has 32 heavy (non-hydrogen) atoms. The van der Waals surface area contributed by atoms with E-state index in [2.05, 4.69) is 15.1 Å².